The highest BCUT2D eigenvalue weighted by atomic mass is 16.5. The minimum Gasteiger partial charge on any atom is -0.496 e. The van der Waals surface area contributed by atoms with Gasteiger partial charge in [-0.3, -0.25) is 4.99 Å². The zero-order valence-corrected chi connectivity index (χ0v) is 15.5. The highest BCUT2D eigenvalue weighted by molar-refractivity contribution is 5.79. The number of hydrogen-bond acceptors (Lipinski definition) is 4. The lowest BCUT2D eigenvalue weighted by molar-refractivity contribution is 0.409. The van der Waals surface area contributed by atoms with Crippen molar-refractivity contribution in [1.29, 1.82) is 0 Å². The molecule has 1 heterocycles. The smallest absolute Gasteiger partial charge is 0.191 e. The molecule has 136 valence electrons. The number of nitrogens with one attached hydrogen (secondary N) is 2. The summed E-state index contributed by atoms with van der Waals surface area (Å²) in [5.41, 5.74) is 2.43. The molecule has 0 saturated carbocycles. The third kappa shape index (κ3) is 5.48. The fourth-order valence-electron chi connectivity index (χ4n) is 2.67. The van der Waals surface area contributed by atoms with Crippen molar-refractivity contribution in [3.05, 3.63) is 41.5 Å². The van der Waals surface area contributed by atoms with Crippen LogP contribution in [0.2, 0.25) is 0 Å². The molecule has 0 aliphatic carbocycles. The number of rotatable bonds is 8. The largest absolute Gasteiger partial charge is 0.496 e. The monoisotopic (exact) mass is 344 g/mol. The van der Waals surface area contributed by atoms with Gasteiger partial charge < -0.3 is 19.9 Å². The van der Waals surface area contributed by atoms with Crippen LogP contribution >= 0.6 is 0 Å². The average molecular weight is 344 g/mol. The Morgan fingerprint density at radius 3 is 2.80 bits per heavy atom. The molecule has 0 atom stereocenters. The molecular weight excluding hydrogens is 316 g/mol. The standard InChI is InChI=1S/C18H28N6O/c1-5-17-23-22-13-24(17)11-10-21-18(19-3)20-9-8-15-12-14(2)6-7-16(15)25-4/h6-7,12-13H,5,8-11H2,1-4H3,(H2,19,20,21). The number of benzene rings is 1. The van der Waals surface area contributed by atoms with Crippen LogP contribution in [0.5, 0.6) is 5.75 Å². The third-order valence-corrected chi connectivity index (χ3v) is 4.00. The Morgan fingerprint density at radius 2 is 2.08 bits per heavy atom. The zero-order chi connectivity index (χ0) is 18.1. The van der Waals surface area contributed by atoms with Crippen LogP contribution in [0.3, 0.4) is 0 Å². The van der Waals surface area contributed by atoms with Gasteiger partial charge in [-0.1, -0.05) is 24.6 Å². The van der Waals surface area contributed by atoms with E-state index in [9.17, 15) is 0 Å². The Balaban J connectivity index is 1.78. The number of aliphatic imine (C=N–C) groups is 1. The Kier molecular flexibility index (Phi) is 7.25. The van der Waals surface area contributed by atoms with Gasteiger partial charge in [-0.2, -0.15) is 0 Å². The maximum absolute atomic E-state index is 5.42. The summed E-state index contributed by atoms with van der Waals surface area (Å²) < 4.78 is 7.48. The van der Waals surface area contributed by atoms with Crippen molar-refractivity contribution in [2.45, 2.75) is 33.2 Å². The van der Waals surface area contributed by atoms with E-state index in [0.717, 1.165) is 50.0 Å². The van der Waals surface area contributed by atoms with Gasteiger partial charge in [-0.05, 0) is 25.0 Å². The van der Waals surface area contributed by atoms with Gasteiger partial charge in [0.25, 0.3) is 0 Å². The van der Waals surface area contributed by atoms with Crippen LogP contribution in [0.25, 0.3) is 0 Å². The first kappa shape index (κ1) is 18.8. The molecule has 0 aliphatic heterocycles. The number of aryl methyl sites for hydroxylation is 2. The van der Waals surface area contributed by atoms with Crippen molar-refractivity contribution in [2.24, 2.45) is 4.99 Å². The molecule has 0 radical (unpaired) electrons. The van der Waals surface area contributed by atoms with Crippen molar-refractivity contribution >= 4 is 5.96 Å². The van der Waals surface area contributed by atoms with Crippen LogP contribution < -0.4 is 15.4 Å². The minimum atomic E-state index is 0.762. The van der Waals surface area contributed by atoms with E-state index < -0.39 is 0 Å². The number of aromatic nitrogens is 3. The maximum atomic E-state index is 5.42. The van der Waals surface area contributed by atoms with Crippen molar-refractivity contribution in [1.82, 2.24) is 25.4 Å². The van der Waals surface area contributed by atoms with Gasteiger partial charge in [0.1, 0.15) is 17.9 Å². The second-order valence-corrected chi connectivity index (χ2v) is 5.79. The SMILES string of the molecule is CCc1nncn1CCNC(=NC)NCCc1cc(C)ccc1OC. The van der Waals surface area contributed by atoms with Crippen molar-refractivity contribution in [3.63, 3.8) is 0 Å². The normalized spacial score (nSPS) is 11.4. The molecule has 7 heteroatoms. The van der Waals surface area contributed by atoms with E-state index >= 15 is 0 Å². The van der Waals surface area contributed by atoms with Crippen LogP contribution in [0.15, 0.2) is 29.5 Å². The summed E-state index contributed by atoms with van der Waals surface area (Å²) in [6.07, 6.45) is 3.52. The molecule has 0 saturated heterocycles. The lowest BCUT2D eigenvalue weighted by Gasteiger charge is -2.14. The second kappa shape index (κ2) is 9.66. The average Bonchev–Trinajstić information content (AvgIpc) is 3.08. The summed E-state index contributed by atoms with van der Waals surface area (Å²) in [7, 11) is 3.48. The van der Waals surface area contributed by atoms with E-state index in [1.54, 1.807) is 20.5 Å². The van der Waals surface area contributed by atoms with Gasteiger partial charge in [-0.15, -0.1) is 10.2 Å². The molecule has 0 fully saturated rings. The molecule has 1 aromatic heterocycles. The van der Waals surface area contributed by atoms with Gasteiger partial charge >= 0.3 is 0 Å². The number of hydrogen-bond donors (Lipinski definition) is 2. The van der Waals surface area contributed by atoms with E-state index in [2.05, 4.69) is 56.4 Å². The molecule has 2 N–H and O–H groups in total. The first-order valence-corrected chi connectivity index (χ1v) is 8.62. The zero-order valence-electron chi connectivity index (χ0n) is 15.5. The van der Waals surface area contributed by atoms with Crippen molar-refractivity contribution < 1.29 is 4.74 Å². The highest BCUT2D eigenvalue weighted by Gasteiger charge is 2.05. The summed E-state index contributed by atoms with van der Waals surface area (Å²) in [5.74, 6) is 2.71. The van der Waals surface area contributed by atoms with Gasteiger partial charge in [0, 0.05) is 33.1 Å². The summed E-state index contributed by atoms with van der Waals surface area (Å²) in [6.45, 7) is 6.52. The predicted octanol–water partition coefficient (Wildman–Crippen LogP) is 1.57. The van der Waals surface area contributed by atoms with Gasteiger partial charge in [0.2, 0.25) is 0 Å². The van der Waals surface area contributed by atoms with Crippen LogP contribution in [0.1, 0.15) is 23.9 Å². The van der Waals surface area contributed by atoms with Gasteiger partial charge in [-0.25, -0.2) is 0 Å². The number of ether oxygens (including phenoxy) is 1. The van der Waals surface area contributed by atoms with Gasteiger partial charge in [0.05, 0.1) is 7.11 Å². The van der Waals surface area contributed by atoms with Crippen molar-refractivity contribution in [2.75, 3.05) is 27.2 Å². The lowest BCUT2D eigenvalue weighted by atomic mass is 10.1. The summed E-state index contributed by atoms with van der Waals surface area (Å²) in [5, 5.41) is 14.7. The predicted molar refractivity (Wildman–Crippen MR) is 100 cm³/mol. The summed E-state index contributed by atoms with van der Waals surface area (Å²) in [6, 6.07) is 6.24. The van der Waals surface area contributed by atoms with Crippen LogP contribution in [0.4, 0.5) is 0 Å². The molecule has 0 bridgehead atoms. The highest BCUT2D eigenvalue weighted by Crippen LogP contribution is 2.19. The number of nitrogens with zero attached hydrogens (tertiary/aromatic N) is 4. The fraction of sp³-hybridized carbons (Fsp3) is 0.500. The molecule has 0 amide bonds. The van der Waals surface area contributed by atoms with Gasteiger partial charge in [0.15, 0.2) is 5.96 Å². The summed E-state index contributed by atoms with van der Waals surface area (Å²) in [4.78, 5) is 4.26. The van der Waals surface area contributed by atoms with Crippen molar-refractivity contribution in [3.8, 4) is 5.75 Å². The lowest BCUT2D eigenvalue weighted by Crippen LogP contribution is -2.39. The van der Waals surface area contributed by atoms with E-state index in [1.165, 1.54) is 11.1 Å². The molecular formula is C18H28N6O. The molecule has 2 rings (SSSR count). The topological polar surface area (TPSA) is 76.4 Å². The fourth-order valence-corrected chi connectivity index (χ4v) is 2.67. The van der Waals surface area contributed by atoms with Crippen LogP contribution in [-0.2, 0) is 19.4 Å². The third-order valence-electron chi connectivity index (χ3n) is 4.00. The second-order valence-electron chi connectivity index (χ2n) is 5.79. The minimum absolute atomic E-state index is 0.762. The van der Waals surface area contributed by atoms with E-state index in [4.69, 9.17) is 4.74 Å². The molecule has 0 aliphatic rings. The molecule has 0 spiro atoms. The number of guanidine groups is 1. The molecule has 25 heavy (non-hydrogen) atoms. The Bertz CT molecular complexity index is 695. The summed E-state index contributed by atoms with van der Waals surface area (Å²) >= 11 is 0. The first-order valence-electron chi connectivity index (χ1n) is 8.62. The Morgan fingerprint density at radius 1 is 1.28 bits per heavy atom. The molecule has 2 aromatic rings. The van der Waals surface area contributed by atoms with E-state index in [1.807, 2.05) is 6.07 Å². The molecule has 1 aromatic carbocycles. The number of methoxy groups -OCH3 is 1. The Labute approximate surface area is 149 Å². The maximum Gasteiger partial charge on any atom is 0.191 e. The van der Waals surface area contributed by atoms with Crippen LogP contribution in [-0.4, -0.2) is 48.0 Å². The molecule has 7 nitrogen and oxygen atoms in total. The quantitative estimate of drug-likeness (QED) is 0.561. The van der Waals surface area contributed by atoms with Crippen LogP contribution in [0, 0.1) is 6.92 Å². The first-order chi connectivity index (χ1) is 12.2. The molecule has 0 unspecified atom stereocenters. The van der Waals surface area contributed by atoms with E-state index in [-0.39, 0.29) is 0 Å². The Hall–Kier alpha value is -2.57. The van der Waals surface area contributed by atoms with E-state index in [0.29, 0.717) is 0 Å².